The molecule has 0 radical (unpaired) electrons. The van der Waals surface area contributed by atoms with E-state index in [9.17, 15) is 0 Å². The van der Waals surface area contributed by atoms with Crippen LogP contribution < -0.4 is 5.73 Å². The summed E-state index contributed by atoms with van der Waals surface area (Å²) in [6.45, 7) is 7.98. The van der Waals surface area contributed by atoms with Crippen molar-refractivity contribution in [1.29, 1.82) is 0 Å². The Morgan fingerprint density at radius 3 is 2.45 bits per heavy atom. The van der Waals surface area contributed by atoms with Gasteiger partial charge in [0.15, 0.2) is 0 Å². The summed E-state index contributed by atoms with van der Waals surface area (Å²) in [7, 11) is 0. The Bertz CT molecular complexity index is 83.6. The molecular formula is C9H21NO. The first-order valence-electron chi connectivity index (χ1n) is 4.51. The highest BCUT2D eigenvalue weighted by molar-refractivity contribution is 4.62. The molecule has 0 aliphatic heterocycles. The van der Waals surface area contributed by atoms with E-state index in [-0.39, 0.29) is 0 Å². The fourth-order valence-corrected chi connectivity index (χ4v) is 0.915. The van der Waals surface area contributed by atoms with Crippen molar-refractivity contribution in [2.24, 2.45) is 11.7 Å². The Labute approximate surface area is 70.1 Å². The minimum atomic E-state index is 0.316. The molecule has 2 atom stereocenters. The van der Waals surface area contributed by atoms with Crippen LogP contribution in [-0.4, -0.2) is 19.3 Å². The van der Waals surface area contributed by atoms with Crippen LogP contribution in [0, 0.1) is 5.92 Å². The van der Waals surface area contributed by atoms with Crippen LogP contribution in [0.2, 0.25) is 0 Å². The third-order valence-corrected chi connectivity index (χ3v) is 2.05. The largest absolute Gasteiger partial charge is 0.382 e. The number of hydrogen-bond acceptors (Lipinski definition) is 2. The lowest BCUT2D eigenvalue weighted by Gasteiger charge is -2.14. The first-order valence-corrected chi connectivity index (χ1v) is 4.51. The third-order valence-electron chi connectivity index (χ3n) is 2.05. The number of ether oxygens (including phenoxy) is 1. The van der Waals surface area contributed by atoms with Gasteiger partial charge in [0.2, 0.25) is 0 Å². The van der Waals surface area contributed by atoms with E-state index in [1.165, 1.54) is 6.42 Å². The molecule has 0 rings (SSSR count). The summed E-state index contributed by atoms with van der Waals surface area (Å²) < 4.78 is 5.22. The first kappa shape index (κ1) is 10.9. The van der Waals surface area contributed by atoms with Crippen LogP contribution in [0.1, 0.15) is 33.6 Å². The van der Waals surface area contributed by atoms with Crippen molar-refractivity contribution < 1.29 is 4.74 Å². The standard InChI is InChI=1S/C9H21NO/c1-4-11-7-5-6-8(2)9(3)10/h8-9H,4-7,10H2,1-3H3. The van der Waals surface area contributed by atoms with E-state index in [1.54, 1.807) is 0 Å². The maximum Gasteiger partial charge on any atom is 0.0466 e. The SMILES string of the molecule is CCOCCCC(C)C(C)N. The van der Waals surface area contributed by atoms with E-state index in [0.29, 0.717) is 12.0 Å². The van der Waals surface area contributed by atoms with Crippen molar-refractivity contribution >= 4 is 0 Å². The molecular weight excluding hydrogens is 138 g/mol. The number of rotatable bonds is 6. The van der Waals surface area contributed by atoms with Crippen LogP contribution in [0.4, 0.5) is 0 Å². The molecule has 0 fully saturated rings. The number of nitrogens with two attached hydrogens (primary N) is 1. The summed E-state index contributed by atoms with van der Waals surface area (Å²) in [6.07, 6.45) is 2.31. The van der Waals surface area contributed by atoms with Crippen LogP contribution in [0.15, 0.2) is 0 Å². The molecule has 0 spiro atoms. The molecule has 0 saturated heterocycles. The summed E-state index contributed by atoms with van der Waals surface area (Å²) in [5.74, 6) is 0.621. The topological polar surface area (TPSA) is 35.2 Å². The second kappa shape index (κ2) is 6.62. The van der Waals surface area contributed by atoms with Gasteiger partial charge in [0.05, 0.1) is 0 Å². The lowest BCUT2D eigenvalue weighted by atomic mass is 9.99. The summed E-state index contributed by atoms with van der Waals surface area (Å²) >= 11 is 0. The van der Waals surface area contributed by atoms with Gasteiger partial charge in [-0.3, -0.25) is 0 Å². The second-order valence-electron chi connectivity index (χ2n) is 3.18. The lowest BCUT2D eigenvalue weighted by Crippen LogP contribution is -2.24. The van der Waals surface area contributed by atoms with Crippen LogP contribution in [0.25, 0.3) is 0 Å². The Balaban J connectivity index is 3.10. The average Bonchev–Trinajstić information content (AvgIpc) is 1.97. The van der Waals surface area contributed by atoms with Gasteiger partial charge in [-0.15, -0.1) is 0 Å². The van der Waals surface area contributed by atoms with E-state index in [0.717, 1.165) is 19.6 Å². The molecule has 11 heavy (non-hydrogen) atoms. The molecule has 0 aromatic carbocycles. The van der Waals surface area contributed by atoms with Gasteiger partial charge in [0.25, 0.3) is 0 Å². The van der Waals surface area contributed by atoms with E-state index in [1.807, 2.05) is 6.92 Å². The molecule has 2 nitrogen and oxygen atoms in total. The maximum atomic E-state index is 5.71. The first-order chi connectivity index (χ1) is 5.18. The molecule has 2 heteroatoms. The van der Waals surface area contributed by atoms with Gasteiger partial charge in [0, 0.05) is 19.3 Å². The summed E-state index contributed by atoms with van der Waals surface area (Å²) in [4.78, 5) is 0. The van der Waals surface area contributed by atoms with Crippen LogP contribution in [0.3, 0.4) is 0 Å². The van der Waals surface area contributed by atoms with Gasteiger partial charge in [0.1, 0.15) is 0 Å². The summed E-state index contributed by atoms with van der Waals surface area (Å²) in [6, 6.07) is 0.316. The van der Waals surface area contributed by atoms with Gasteiger partial charge >= 0.3 is 0 Å². The summed E-state index contributed by atoms with van der Waals surface area (Å²) in [5.41, 5.74) is 5.71. The Morgan fingerprint density at radius 1 is 1.36 bits per heavy atom. The Hall–Kier alpha value is -0.0800. The fourth-order valence-electron chi connectivity index (χ4n) is 0.915. The quantitative estimate of drug-likeness (QED) is 0.600. The molecule has 0 amide bonds. The average molecular weight is 159 g/mol. The normalized spacial score (nSPS) is 16.4. The molecule has 2 unspecified atom stereocenters. The molecule has 0 aromatic heterocycles. The van der Waals surface area contributed by atoms with Crippen molar-refractivity contribution in [3.8, 4) is 0 Å². The Morgan fingerprint density at radius 2 is 2.00 bits per heavy atom. The minimum absolute atomic E-state index is 0.316. The molecule has 0 bridgehead atoms. The molecule has 0 aliphatic rings. The highest BCUT2D eigenvalue weighted by Crippen LogP contribution is 2.08. The molecule has 2 N–H and O–H groups in total. The maximum absolute atomic E-state index is 5.71. The molecule has 0 saturated carbocycles. The van der Waals surface area contributed by atoms with E-state index >= 15 is 0 Å². The Kier molecular flexibility index (Phi) is 6.57. The molecule has 68 valence electrons. The van der Waals surface area contributed by atoms with Gasteiger partial charge < -0.3 is 10.5 Å². The zero-order valence-electron chi connectivity index (χ0n) is 7.97. The van der Waals surface area contributed by atoms with Gasteiger partial charge in [-0.25, -0.2) is 0 Å². The van der Waals surface area contributed by atoms with E-state index in [2.05, 4.69) is 13.8 Å². The van der Waals surface area contributed by atoms with Crippen molar-refractivity contribution in [2.75, 3.05) is 13.2 Å². The summed E-state index contributed by atoms with van der Waals surface area (Å²) in [5, 5.41) is 0. The van der Waals surface area contributed by atoms with Gasteiger partial charge in [-0.1, -0.05) is 6.92 Å². The van der Waals surface area contributed by atoms with Gasteiger partial charge in [-0.2, -0.15) is 0 Å². The minimum Gasteiger partial charge on any atom is -0.382 e. The van der Waals surface area contributed by atoms with Crippen LogP contribution >= 0.6 is 0 Å². The molecule has 0 aromatic rings. The van der Waals surface area contributed by atoms with E-state index < -0.39 is 0 Å². The monoisotopic (exact) mass is 159 g/mol. The zero-order valence-corrected chi connectivity index (χ0v) is 7.97. The lowest BCUT2D eigenvalue weighted by molar-refractivity contribution is 0.139. The smallest absolute Gasteiger partial charge is 0.0466 e. The molecule has 0 heterocycles. The highest BCUT2D eigenvalue weighted by Gasteiger charge is 2.05. The molecule has 0 aliphatic carbocycles. The second-order valence-corrected chi connectivity index (χ2v) is 3.18. The predicted octanol–water partition coefficient (Wildman–Crippen LogP) is 1.79. The van der Waals surface area contributed by atoms with Crippen LogP contribution in [-0.2, 0) is 4.74 Å². The van der Waals surface area contributed by atoms with Crippen molar-refractivity contribution in [3.05, 3.63) is 0 Å². The van der Waals surface area contributed by atoms with Crippen LogP contribution in [0.5, 0.6) is 0 Å². The fraction of sp³-hybridized carbons (Fsp3) is 1.00. The van der Waals surface area contributed by atoms with E-state index in [4.69, 9.17) is 10.5 Å². The number of hydrogen-bond donors (Lipinski definition) is 1. The van der Waals surface area contributed by atoms with Crippen molar-refractivity contribution in [2.45, 2.75) is 39.7 Å². The predicted molar refractivity (Wildman–Crippen MR) is 48.5 cm³/mol. The highest BCUT2D eigenvalue weighted by atomic mass is 16.5. The zero-order chi connectivity index (χ0) is 8.69. The third kappa shape index (κ3) is 6.32. The van der Waals surface area contributed by atoms with Crippen molar-refractivity contribution in [3.63, 3.8) is 0 Å². The van der Waals surface area contributed by atoms with Crippen molar-refractivity contribution in [1.82, 2.24) is 0 Å². The van der Waals surface area contributed by atoms with Gasteiger partial charge in [-0.05, 0) is 32.6 Å².